The molecule has 0 spiro atoms. The highest BCUT2D eigenvalue weighted by Gasteiger charge is 2.32. The van der Waals surface area contributed by atoms with Gasteiger partial charge in [0.2, 0.25) is 11.6 Å². The highest BCUT2D eigenvalue weighted by Crippen LogP contribution is 2.03. The van der Waals surface area contributed by atoms with Crippen molar-refractivity contribution >= 4 is 11.6 Å². The second-order valence-corrected chi connectivity index (χ2v) is 2.83. The molecule has 0 radical (unpaired) electrons. The summed E-state index contributed by atoms with van der Waals surface area (Å²) < 4.78 is 0. The number of hydrogen-bond acceptors (Lipinski definition) is 6. The Morgan fingerprint density at radius 2 is 1.71 bits per heavy atom. The average Bonchev–Trinajstić information content (AvgIpc) is 2.23. The van der Waals surface area contributed by atoms with Crippen molar-refractivity contribution in [3.63, 3.8) is 0 Å². The van der Waals surface area contributed by atoms with Crippen LogP contribution in [0.4, 0.5) is 0 Å². The van der Waals surface area contributed by atoms with Crippen molar-refractivity contribution in [1.82, 2.24) is 0 Å². The van der Waals surface area contributed by atoms with Gasteiger partial charge in [0.1, 0.15) is 18.3 Å². The van der Waals surface area contributed by atoms with E-state index < -0.39 is 36.5 Å². The lowest BCUT2D eigenvalue weighted by Gasteiger charge is -2.19. The second-order valence-electron chi connectivity index (χ2n) is 2.83. The lowest BCUT2D eigenvalue weighted by Crippen LogP contribution is -2.46. The van der Waals surface area contributed by atoms with Crippen molar-refractivity contribution in [1.29, 1.82) is 0 Å². The van der Waals surface area contributed by atoms with Crippen LogP contribution < -0.4 is 0 Å². The van der Waals surface area contributed by atoms with Gasteiger partial charge < -0.3 is 20.4 Å². The Labute approximate surface area is 80.8 Å². The first-order valence-electron chi connectivity index (χ1n) is 4.17. The lowest BCUT2D eigenvalue weighted by atomic mass is 10.0. The quantitative estimate of drug-likeness (QED) is 0.360. The maximum Gasteiger partial charge on any atom is 0.229 e. The summed E-state index contributed by atoms with van der Waals surface area (Å²) >= 11 is 0. The molecule has 3 atom stereocenters. The van der Waals surface area contributed by atoms with E-state index in [2.05, 4.69) is 0 Å². The molecule has 0 fully saturated rings. The fraction of sp³-hybridized carbons (Fsp3) is 0.750. The van der Waals surface area contributed by atoms with Gasteiger partial charge in [0.05, 0.1) is 6.61 Å². The molecule has 6 heteroatoms. The van der Waals surface area contributed by atoms with Gasteiger partial charge in [0.15, 0.2) is 0 Å². The van der Waals surface area contributed by atoms with E-state index >= 15 is 0 Å². The van der Waals surface area contributed by atoms with Gasteiger partial charge in [-0.25, -0.2) is 0 Å². The fourth-order valence-electron chi connectivity index (χ4n) is 0.813. The van der Waals surface area contributed by atoms with Crippen molar-refractivity contribution in [3.8, 4) is 0 Å². The monoisotopic (exact) mass is 206 g/mol. The Hall–Kier alpha value is -0.820. The molecule has 0 aliphatic heterocycles. The van der Waals surface area contributed by atoms with Crippen LogP contribution in [0, 0.1) is 0 Å². The fourth-order valence-corrected chi connectivity index (χ4v) is 0.813. The molecule has 0 bridgehead atoms. The molecular weight excluding hydrogens is 192 g/mol. The molecule has 0 aromatic heterocycles. The summed E-state index contributed by atoms with van der Waals surface area (Å²) in [6.45, 7) is 0.633. The minimum atomic E-state index is -1.98. The number of carbonyl (C=O) groups excluding carboxylic acids is 2. The van der Waals surface area contributed by atoms with E-state index in [1.54, 1.807) is 0 Å². The number of aliphatic hydroxyl groups is 4. The van der Waals surface area contributed by atoms with Crippen LogP contribution in [-0.4, -0.2) is 56.9 Å². The molecule has 0 aromatic carbocycles. The summed E-state index contributed by atoms with van der Waals surface area (Å²) in [6.07, 6.45) is -5.55. The summed E-state index contributed by atoms with van der Waals surface area (Å²) in [4.78, 5) is 21.8. The predicted octanol–water partition coefficient (Wildman–Crippen LogP) is -2.39. The molecule has 0 unspecified atom stereocenters. The summed E-state index contributed by atoms with van der Waals surface area (Å²) in [5.41, 5.74) is 0. The van der Waals surface area contributed by atoms with Gasteiger partial charge >= 0.3 is 0 Å². The summed E-state index contributed by atoms with van der Waals surface area (Å²) in [7, 11) is 0. The highest BCUT2D eigenvalue weighted by atomic mass is 16.4. The molecule has 6 nitrogen and oxygen atoms in total. The minimum Gasteiger partial charge on any atom is -0.394 e. The normalized spacial score (nSPS) is 17.2. The Balaban J connectivity index is 4.38. The topological polar surface area (TPSA) is 115 Å². The van der Waals surface area contributed by atoms with Gasteiger partial charge in [0.25, 0.3) is 0 Å². The van der Waals surface area contributed by atoms with Gasteiger partial charge in [0, 0.05) is 6.42 Å². The molecule has 0 aliphatic carbocycles. The Morgan fingerprint density at radius 3 is 2.07 bits per heavy atom. The molecule has 0 amide bonds. The molecule has 0 saturated carbocycles. The third-order valence-corrected chi connectivity index (χ3v) is 1.77. The zero-order valence-corrected chi connectivity index (χ0v) is 7.75. The van der Waals surface area contributed by atoms with Crippen molar-refractivity contribution < 1.29 is 30.0 Å². The molecule has 0 aromatic rings. The number of Topliss-reactive ketones (excluding diaryl/α,β-unsaturated/α-hetero) is 2. The summed E-state index contributed by atoms with van der Waals surface area (Å²) in [5.74, 6) is -1.99. The zero-order valence-electron chi connectivity index (χ0n) is 7.75. The third-order valence-electron chi connectivity index (χ3n) is 1.77. The van der Waals surface area contributed by atoms with Crippen LogP contribution in [0.1, 0.15) is 13.3 Å². The standard InChI is InChI=1S/C8H14O6/c1-2-4(10)6(12)8(14)7(13)5(11)3-9/h5,7-9,11,13-14H,2-3H2,1H3/t5-,7-,8-/m1/s1. The Morgan fingerprint density at radius 1 is 1.21 bits per heavy atom. The average molecular weight is 206 g/mol. The van der Waals surface area contributed by atoms with Crippen molar-refractivity contribution in [2.24, 2.45) is 0 Å². The molecular formula is C8H14O6. The van der Waals surface area contributed by atoms with Crippen LogP contribution in [0.15, 0.2) is 0 Å². The van der Waals surface area contributed by atoms with Gasteiger partial charge in [-0.1, -0.05) is 6.92 Å². The van der Waals surface area contributed by atoms with E-state index in [0.29, 0.717) is 0 Å². The molecule has 0 aliphatic rings. The van der Waals surface area contributed by atoms with E-state index in [-0.39, 0.29) is 6.42 Å². The second kappa shape index (κ2) is 5.82. The van der Waals surface area contributed by atoms with E-state index in [1.807, 2.05) is 0 Å². The molecule has 4 N–H and O–H groups in total. The maximum atomic E-state index is 11.0. The van der Waals surface area contributed by atoms with E-state index in [9.17, 15) is 9.59 Å². The van der Waals surface area contributed by atoms with Crippen LogP contribution in [0.5, 0.6) is 0 Å². The summed E-state index contributed by atoms with van der Waals surface area (Å²) in [6, 6.07) is 0. The SMILES string of the molecule is CCC(=O)C(=O)[C@@H](O)[C@H](O)[C@H](O)CO. The first-order chi connectivity index (χ1) is 6.45. The van der Waals surface area contributed by atoms with Crippen LogP contribution in [-0.2, 0) is 9.59 Å². The van der Waals surface area contributed by atoms with E-state index in [4.69, 9.17) is 20.4 Å². The largest absolute Gasteiger partial charge is 0.394 e. The highest BCUT2D eigenvalue weighted by molar-refractivity contribution is 6.38. The maximum absolute atomic E-state index is 11.0. The number of rotatable bonds is 6. The van der Waals surface area contributed by atoms with Gasteiger partial charge in [-0.05, 0) is 0 Å². The van der Waals surface area contributed by atoms with E-state index in [0.717, 1.165) is 0 Å². The molecule has 0 saturated heterocycles. The lowest BCUT2D eigenvalue weighted by molar-refractivity contribution is -0.149. The van der Waals surface area contributed by atoms with Gasteiger partial charge in [-0.3, -0.25) is 9.59 Å². The van der Waals surface area contributed by atoms with Gasteiger partial charge in [-0.2, -0.15) is 0 Å². The first-order valence-corrected chi connectivity index (χ1v) is 4.17. The minimum absolute atomic E-state index is 0.0855. The molecule has 14 heavy (non-hydrogen) atoms. The van der Waals surface area contributed by atoms with Crippen molar-refractivity contribution in [3.05, 3.63) is 0 Å². The molecule has 82 valence electrons. The number of ketones is 2. The van der Waals surface area contributed by atoms with Crippen LogP contribution in [0.3, 0.4) is 0 Å². The number of carbonyl (C=O) groups is 2. The summed E-state index contributed by atoms with van der Waals surface area (Å²) in [5, 5.41) is 35.5. The Bertz CT molecular complexity index is 214. The van der Waals surface area contributed by atoms with Crippen LogP contribution in [0.2, 0.25) is 0 Å². The van der Waals surface area contributed by atoms with Crippen molar-refractivity contribution in [2.45, 2.75) is 31.7 Å². The smallest absolute Gasteiger partial charge is 0.229 e. The number of hydrogen-bond donors (Lipinski definition) is 4. The zero-order chi connectivity index (χ0) is 11.3. The Kier molecular flexibility index (Phi) is 5.47. The van der Waals surface area contributed by atoms with Gasteiger partial charge in [-0.15, -0.1) is 0 Å². The van der Waals surface area contributed by atoms with E-state index in [1.165, 1.54) is 6.92 Å². The molecule has 0 heterocycles. The first kappa shape index (κ1) is 13.2. The molecule has 0 rings (SSSR count). The van der Waals surface area contributed by atoms with Crippen LogP contribution in [0.25, 0.3) is 0 Å². The predicted molar refractivity (Wildman–Crippen MR) is 45.4 cm³/mol. The van der Waals surface area contributed by atoms with Crippen molar-refractivity contribution in [2.75, 3.05) is 6.61 Å². The number of aliphatic hydroxyl groups excluding tert-OH is 4. The van der Waals surface area contributed by atoms with Crippen LogP contribution >= 0.6 is 0 Å². The third kappa shape index (κ3) is 3.15.